The number of halogens is 6. The van der Waals surface area contributed by atoms with Gasteiger partial charge in [-0.25, -0.2) is 0 Å². The Hall–Kier alpha value is -2.06. The van der Waals surface area contributed by atoms with E-state index in [1.165, 1.54) is 0 Å². The molecule has 0 saturated heterocycles. The first-order chi connectivity index (χ1) is 11.3. The van der Waals surface area contributed by atoms with Crippen LogP contribution in [-0.4, -0.2) is 11.7 Å². The van der Waals surface area contributed by atoms with Crippen molar-refractivity contribution in [2.75, 3.05) is 0 Å². The van der Waals surface area contributed by atoms with Crippen LogP contribution >= 0.6 is 0 Å². The van der Waals surface area contributed by atoms with E-state index in [9.17, 15) is 35.9 Å². The number of rotatable bonds is 3. The molecule has 1 aliphatic rings. The molecular formula is C16H15F6NO2. The third-order valence-corrected chi connectivity index (χ3v) is 4.19. The average molecular weight is 367 g/mol. The molecule has 25 heavy (non-hydrogen) atoms. The van der Waals surface area contributed by atoms with Gasteiger partial charge in [0.25, 0.3) is 0 Å². The van der Waals surface area contributed by atoms with Gasteiger partial charge in [0.2, 0.25) is 5.91 Å². The number of benzene rings is 1. The van der Waals surface area contributed by atoms with E-state index < -0.39 is 41.3 Å². The van der Waals surface area contributed by atoms with Crippen molar-refractivity contribution in [2.24, 2.45) is 5.41 Å². The van der Waals surface area contributed by atoms with Crippen LogP contribution in [0.2, 0.25) is 0 Å². The first-order valence-corrected chi connectivity index (χ1v) is 7.40. The molecule has 0 aromatic heterocycles. The number of Topliss-reactive ketones (excluding diaryl/α,β-unsaturated/α-hetero) is 1. The van der Waals surface area contributed by atoms with Gasteiger partial charge < -0.3 is 5.32 Å². The quantitative estimate of drug-likeness (QED) is 0.818. The van der Waals surface area contributed by atoms with Crippen LogP contribution in [0.5, 0.6) is 0 Å². The predicted octanol–water partition coefficient (Wildman–Crippen LogP) is 4.10. The minimum absolute atomic E-state index is 0.00915. The molecular weight excluding hydrogens is 352 g/mol. The summed E-state index contributed by atoms with van der Waals surface area (Å²) in [5, 5.41) is 2.33. The van der Waals surface area contributed by atoms with Gasteiger partial charge in [0.05, 0.1) is 16.5 Å². The summed E-state index contributed by atoms with van der Waals surface area (Å²) < 4.78 is 76.8. The molecule has 2 rings (SSSR count). The van der Waals surface area contributed by atoms with Crippen LogP contribution in [0.15, 0.2) is 18.2 Å². The number of nitrogens with one attached hydrogen (secondary N) is 1. The van der Waals surface area contributed by atoms with Crippen molar-refractivity contribution >= 4 is 11.7 Å². The molecule has 0 spiro atoms. The summed E-state index contributed by atoms with van der Waals surface area (Å²) in [5.74, 6) is -0.666. The van der Waals surface area contributed by atoms with E-state index >= 15 is 0 Å². The molecule has 0 bridgehead atoms. The highest BCUT2D eigenvalue weighted by Gasteiger charge is 2.41. The van der Waals surface area contributed by atoms with Gasteiger partial charge in [0, 0.05) is 19.4 Å². The molecule has 1 saturated carbocycles. The number of hydrogen-bond donors (Lipinski definition) is 1. The SMILES string of the molecule is CC1(C(=O)NCc2cc(C(F)(F)F)cc(C(F)(F)F)c2)CCC(=O)C1. The number of ketones is 1. The second kappa shape index (κ2) is 6.34. The maximum absolute atomic E-state index is 12.8. The van der Waals surface area contributed by atoms with Crippen LogP contribution in [0.4, 0.5) is 26.3 Å². The Kier molecular flexibility index (Phi) is 4.89. The lowest BCUT2D eigenvalue weighted by molar-refractivity contribution is -0.143. The Labute approximate surface area is 139 Å². The molecule has 9 heteroatoms. The normalized spacial score (nSPS) is 21.5. The van der Waals surface area contributed by atoms with Gasteiger partial charge in [0.15, 0.2) is 0 Å². The number of hydrogen-bond acceptors (Lipinski definition) is 2. The fraction of sp³-hybridized carbons (Fsp3) is 0.500. The van der Waals surface area contributed by atoms with Crippen LogP contribution < -0.4 is 5.32 Å². The van der Waals surface area contributed by atoms with Gasteiger partial charge >= 0.3 is 12.4 Å². The van der Waals surface area contributed by atoms with E-state index in [0.717, 1.165) is 0 Å². The minimum Gasteiger partial charge on any atom is -0.352 e. The largest absolute Gasteiger partial charge is 0.416 e. The molecule has 1 aromatic carbocycles. The Balaban J connectivity index is 2.21. The van der Waals surface area contributed by atoms with Crippen LogP contribution in [0.3, 0.4) is 0 Å². The van der Waals surface area contributed by atoms with Crippen LogP contribution in [0.25, 0.3) is 0 Å². The number of carbonyl (C=O) groups is 2. The second-order valence-corrected chi connectivity index (χ2v) is 6.37. The summed E-state index contributed by atoms with van der Waals surface area (Å²) >= 11 is 0. The van der Waals surface area contributed by atoms with E-state index in [1.807, 2.05) is 0 Å². The lowest BCUT2D eigenvalue weighted by Gasteiger charge is -2.22. The van der Waals surface area contributed by atoms with E-state index in [2.05, 4.69) is 5.32 Å². The molecule has 0 radical (unpaired) electrons. The van der Waals surface area contributed by atoms with Gasteiger partial charge in [-0.3, -0.25) is 9.59 Å². The molecule has 1 aliphatic carbocycles. The molecule has 1 atom stereocenters. The lowest BCUT2D eigenvalue weighted by Crippen LogP contribution is -2.37. The van der Waals surface area contributed by atoms with Gasteiger partial charge in [-0.1, -0.05) is 6.92 Å². The zero-order valence-corrected chi connectivity index (χ0v) is 13.1. The summed E-state index contributed by atoms with van der Waals surface area (Å²) in [6, 6.07) is 1.16. The molecule has 1 unspecified atom stereocenters. The molecule has 1 amide bonds. The Morgan fingerprint density at radius 1 is 1.08 bits per heavy atom. The van der Waals surface area contributed by atoms with E-state index in [0.29, 0.717) is 18.6 Å². The van der Waals surface area contributed by atoms with Gasteiger partial charge in [0.1, 0.15) is 5.78 Å². The monoisotopic (exact) mass is 367 g/mol. The Morgan fingerprint density at radius 2 is 1.60 bits per heavy atom. The van der Waals surface area contributed by atoms with Crippen molar-refractivity contribution in [3.8, 4) is 0 Å². The van der Waals surface area contributed by atoms with Crippen molar-refractivity contribution in [3.63, 3.8) is 0 Å². The highest BCUT2D eigenvalue weighted by molar-refractivity contribution is 5.92. The third kappa shape index (κ3) is 4.52. The van der Waals surface area contributed by atoms with Crippen LogP contribution in [0.1, 0.15) is 42.9 Å². The van der Waals surface area contributed by atoms with E-state index in [1.54, 1.807) is 6.92 Å². The van der Waals surface area contributed by atoms with Crippen molar-refractivity contribution in [3.05, 3.63) is 34.9 Å². The van der Waals surface area contributed by atoms with Crippen molar-refractivity contribution in [1.82, 2.24) is 5.32 Å². The second-order valence-electron chi connectivity index (χ2n) is 6.37. The Morgan fingerprint density at radius 3 is 2.00 bits per heavy atom. The van der Waals surface area contributed by atoms with E-state index in [4.69, 9.17) is 0 Å². The lowest BCUT2D eigenvalue weighted by atomic mass is 9.87. The summed E-state index contributed by atoms with van der Waals surface area (Å²) in [5.41, 5.74) is -4.17. The molecule has 1 fully saturated rings. The third-order valence-electron chi connectivity index (χ3n) is 4.19. The van der Waals surface area contributed by atoms with Gasteiger partial charge in [-0.05, 0) is 30.2 Å². The average Bonchev–Trinajstić information content (AvgIpc) is 2.83. The number of carbonyl (C=O) groups excluding carboxylic acids is 2. The summed E-state index contributed by atoms with van der Waals surface area (Å²) in [4.78, 5) is 23.5. The summed E-state index contributed by atoms with van der Waals surface area (Å²) in [6.45, 7) is 1.05. The molecule has 0 aliphatic heterocycles. The van der Waals surface area contributed by atoms with Crippen molar-refractivity contribution < 1.29 is 35.9 Å². The highest BCUT2D eigenvalue weighted by Crippen LogP contribution is 2.37. The molecule has 3 nitrogen and oxygen atoms in total. The highest BCUT2D eigenvalue weighted by atomic mass is 19.4. The zero-order chi connectivity index (χ0) is 19.0. The Bertz CT molecular complexity index is 663. The van der Waals surface area contributed by atoms with Crippen LogP contribution in [0, 0.1) is 5.41 Å². The molecule has 1 N–H and O–H groups in total. The fourth-order valence-corrected chi connectivity index (χ4v) is 2.74. The minimum atomic E-state index is -4.94. The van der Waals surface area contributed by atoms with Gasteiger partial charge in [-0.15, -0.1) is 0 Å². The maximum Gasteiger partial charge on any atom is 0.416 e. The van der Waals surface area contributed by atoms with Gasteiger partial charge in [-0.2, -0.15) is 26.3 Å². The van der Waals surface area contributed by atoms with Crippen molar-refractivity contribution in [1.29, 1.82) is 0 Å². The first kappa shape index (κ1) is 19.3. The predicted molar refractivity (Wildman–Crippen MR) is 75.3 cm³/mol. The molecule has 138 valence electrons. The molecule has 1 aromatic rings. The number of amides is 1. The maximum atomic E-state index is 12.8. The zero-order valence-electron chi connectivity index (χ0n) is 13.1. The summed E-state index contributed by atoms with van der Waals surface area (Å²) in [7, 11) is 0. The number of alkyl halides is 6. The van der Waals surface area contributed by atoms with Crippen molar-refractivity contribution in [2.45, 2.75) is 45.1 Å². The fourth-order valence-electron chi connectivity index (χ4n) is 2.74. The molecule has 0 heterocycles. The van der Waals surface area contributed by atoms with Crippen LogP contribution in [-0.2, 0) is 28.5 Å². The standard InChI is InChI=1S/C16H15F6NO2/c1-14(3-2-12(24)7-14)13(25)23-8-9-4-10(15(17,18)19)6-11(5-9)16(20,21)22/h4-6H,2-3,7-8H2,1H3,(H,23,25). The van der Waals surface area contributed by atoms with E-state index in [-0.39, 0.29) is 30.3 Å². The topological polar surface area (TPSA) is 46.2 Å². The summed E-state index contributed by atoms with van der Waals surface area (Å²) in [6.07, 6.45) is -9.34. The smallest absolute Gasteiger partial charge is 0.352 e. The first-order valence-electron chi connectivity index (χ1n) is 7.40.